The smallest absolute Gasteiger partial charge is 0.232 e. The number of aromatic nitrogens is 3. The van der Waals surface area contributed by atoms with E-state index in [9.17, 15) is 10.1 Å². The Balaban J connectivity index is 1.57. The molecule has 31 heavy (non-hydrogen) atoms. The lowest BCUT2D eigenvalue weighted by atomic mass is 9.98. The van der Waals surface area contributed by atoms with Crippen LogP contribution in [0.15, 0.2) is 54.6 Å². The van der Waals surface area contributed by atoms with Crippen molar-refractivity contribution >= 4 is 23.4 Å². The maximum Gasteiger partial charge on any atom is 0.232 e. The highest BCUT2D eigenvalue weighted by Crippen LogP contribution is 2.26. The van der Waals surface area contributed by atoms with Crippen LogP contribution in [-0.2, 0) is 0 Å². The highest BCUT2D eigenvalue weighted by molar-refractivity contribution is 6.02. The van der Waals surface area contributed by atoms with Gasteiger partial charge in [-0.3, -0.25) is 4.79 Å². The molecule has 1 aliphatic rings. The second kappa shape index (κ2) is 9.22. The van der Waals surface area contributed by atoms with Crippen molar-refractivity contribution < 1.29 is 9.53 Å². The van der Waals surface area contributed by atoms with Crippen LogP contribution in [0.25, 0.3) is 0 Å². The number of carbonyl (C=O) groups is 1. The lowest BCUT2D eigenvalue weighted by Gasteiger charge is -2.14. The van der Waals surface area contributed by atoms with Crippen molar-refractivity contribution in [3.8, 4) is 11.8 Å². The van der Waals surface area contributed by atoms with Crippen molar-refractivity contribution in [2.24, 2.45) is 0 Å². The molecule has 8 heteroatoms. The Morgan fingerprint density at radius 2 is 1.87 bits per heavy atom. The number of nitrogens with one attached hydrogen (secondary N) is 1. The normalized spacial score (nSPS) is 14.5. The van der Waals surface area contributed by atoms with Gasteiger partial charge in [-0.25, -0.2) is 0 Å². The highest BCUT2D eigenvalue weighted by Gasteiger charge is 2.27. The zero-order chi connectivity index (χ0) is 21.6. The van der Waals surface area contributed by atoms with Crippen molar-refractivity contribution in [3.63, 3.8) is 0 Å². The number of Topliss-reactive ketones (excluding diaryl/α,β-unsaturated/α-hetero) is 1. The molecule has 1 heterocycles. The van der Waals surface area contributed by atoms with Gasteiger partial charge in [0.05, 0.1) is 12.2 Å². The van der Waals surface area contributed by atoms with Crippen LogP contribution in [-0.4, -0.2) is 26.8 Å². The molecule has 3 N–H and O–H groups in total. The third kappa shape index (κ3) is 4.95. The summed E-state index contributed by atoms with van der Waals surface area (Å²) in [5, 5.41) is 12.7. The van der Waals surface area contributed by atoms with E-state index in [1.165, 1.54) is 0 Å². The number of nitrogen functional groups attached to an aromatic ring is 1. The van der Waals surface area contributed by atoms with Crippen LogP contribution in [0, 0.1) is 11.3 Å². The molecule has 1 aromatic heterocycles. The summed E-state index contributed by atoms with van der Waals surface area (Å²) in [5.41, 5.74) is 6.92. The summed E-state index contributed by atoms with van der Waals surface area (Å²) < 4.78 is 5.98. The molecule has 0 saturated heterocycles. The topological polar surface area (TPSA) is 127 Å². The molecule has 1 fully saturated rings. The van der Waals surface area contributed by atoms with E-state index in [0.29, 0.717) is 11.3 Å². The van der Waals surface area contributed by atoms with Gasteiger partial charge in [0.15, 0.2) is 17.5 Å². The number of ketones is 1. The van der Waals surface area contributed by atoms with E-state index in [2.05, 4.69) is 20.3 Å². The first-order valence-electron chi connectivity index (χ1n) is 10.2. The zero-order valence-electron chi connectivity index (χ0n) is 16.9. The summed E-state index contributed by atoms with van der Waals surface area (Å²) >= 11 is 0. The van der Waals surface area contributed by atoms with E-state index in [1.54, 1.807) is 18.2 Å². The van der Waals surface area contributed by atoms with Gasteiger partial charge in [0.25, 0.3) is 0 Å². The molecule has 0 aliphatic heterocycles. The third-order valence-corrected chi connectivity index (χ3v) is 5.07. The van der Waals surface area contributed by atoms with Crippen molar-refractivity contribution in [2.45, 2.75) is 37.7 Å². The van der Waals surface area contributed by atoms with Crippen molar-refractivity contribution in [2.75, 3.05) is 11.1 Å². The number of nitriles is 1. The summed E-state index contributed by atoms with van der Waals surface area (Å²) in [6.45, 7) is 0. The van der Waals surface area contributed by atoms with E-state index < -0.39 is 11.7 Å². The van der Waals surface area contributed by atoms with Crippen molar-refractivity contribution in [3.05, 3.63) is 66.0 Å². The second-order valence-electron chi connectivity index (χ2n) is 7.34. The summed E-state index contributed by atoms with van der Waals surface area (Å²) in [6, 6.07) is 18.2. The molecule has 0 amide bonds. The third-order valence-electron chi connectivity index (χ3n) is 5.07. The van der Waals surface area contributed by atoms with E-state index in [1.807, 2.05) is 42.5 Å². The van der Waals surface area contributed by atoms with Gasteiger partial charge < -0.3 is 15.8 Å². The van der Waals surface area contributed by atoms with Crippen LogP contribution < -0.4 is 15.8 Å². The summed E-state index contributed by atoms with van der Waals surface area (Å²) in [4.78, 5) is 25.5. The van der Waals surface area contributed by atoms with Gasteiger partial charge in [-0.1, -0.05) is 30.3 Å². The molecular formula is C23H22N6O2. The quantitative estimate of drug-likeness (QED) is 0.555. The first kappa shape index (κ1) is 20.3. The number of para-hydroxylation sites is 1. The van der Waals surface area contributed by atoms with E-state index in [-0.39, 0.29) is 23.8 Å². The Kier molecular flexibility index (Phi) is 6.03. The molecule has 0 bridgehead atoms. The van der Waals surface area contributed by atoms with Gasteiger partial charge >= 0.3 is 0 Å². The number of rotatable bonds is 7. The van der Waals surface area contributed by atoms with Crippen LogP contribution >= 0.6 is 0 Å². The molecule has 8 nitrogen and oxygen atoms in total. The Morgan fingerprint density at radius 1 is 1.10 bits per heavy atom. The summed E-state index contributed by atoms with van der Waals surface area (Å²) in [6.07, 6.45) is 4.51. The lowest BCUT2D eigenvalue weighted by molar-refractivity contribution is 0.0975. The Morgan fingerprint density at radius 3 is 2.61 bits per heavy atom. The number of hydrogen-bond acceptors (Lipinski definition) is 8. The molecule has 4 rings (SSSR count). The minimum absolute atomic E-state index is 0.000505. The number of nitrogens with two attached hydrogens (primary N) is 1. The standard InChI is InChI=1S/C23H22N6O2/c24-14-19(20(30)15-7-6-12-18(13-15)31-17-10-4-5-11-17)21-27-22(25)29-23(28-21)26-16-8-2-1-3-9-16/h1-3,6-9,12-13,17,19H,4-5,10-11H2,(H3,25,26,27,28,29). The largest absolute Gasteiger partial charge is 0.490 e. The molecule has 1 aliphatic carbocycles. The predicted octanol–water partition coefficient (Wildman–Crippen LogP) is 4.01. The number of benzene rings is 2. The molecule has 0 spiro atoms. The maximum absolute atomic E-state index is 13.1. The maximum atomic E-state index is 13.1. The fraction of sp³-hybridized carbons (Fsp3) is 0.261. The van der Waals surface area contributed by atoms with Gasteiger partial charge in [0.2, 0.25) is 11.9 Å². The first-order chi connectivity index (χ1) is 15.1. The van der Waals surface area contributed by atoms with Crippen LogP contribution in [0.5, 0.6) is 5.75 Å². The van der Waals surface area contributed by atoms with Crippen molar-refractivity contribution in [1.29, 1.82) is 5.26 Å². The first-order valence-corrected chi connectivity index (χ1v) is 10.2. The highest BCUT2D eigenvalue weighted by atomic mass is 16.5. The molecule has 2 aromatic carbocycles. The Bertz CT molecular complexity index is 1110. The van der Waals surface area contributed by atoms with Gasteiger partial charge in [-0.2, -0.15) is 20.2 Å². The van der Waals surface area contributed by atoms with Crippen LogP contribution in [0.4, 0.5) is 17.6 Å². The van der Waals surface area contributed by atoms with Crippen LogP contribution in [0.2, 0.25) is 0 Å². The fourth-order valence-electron chi connectivity index (χ4n) is 3.57. The Hall–Kier alpha value is -3.99. The minimum Gasteiger partial charge on any atom is -0.490 e. The molecule has 1 saturated carbocycles. The molecule has 156 valence electrons. The average molecular weight is 414 g/mol. The SMILES string of the molecule is N#CC(C(=O)c1cccc(OC2CCCC2)c1)c1nc(N)nc(Nc2ccccc2)n1. The van der Waals surface area contributed by atoms with Crippen LogP contribution in [0.3, 0.4) is 0 Å². The van der Waals surface area contributed by atoms with Gasteiger partial charge in [-0.15, -0.1) is 0 Å². The molecule has 3 aromatic rings. The van der Waals surface area contributed by atoms with E-state index in [4.69, 9.17) is 10.5 Å². The monoisotopic (exact) mass is 414 g/mol. The van der Waals surface area contributed by atoms with Crippen LogP contribution in [0.1, 0.15) is 47.8 Å². The Labute approximate surface area is 180 Å². The molecular weight excluding hydrogens is 392 g/mol. The van der Waals surface area contributed by atoms with Gasteiger partial charge in [0.1, 0.15) is 5.75 Å². The predicted molar refractivity (Wildman–Crippen MR) is 116 cm³/mol. The molecule has 1 unspecified atom stereocenters. The second-order valence-corrected chi connectivity index (χ2v) is 7.34. The average Bonchev–Trinajstić information content (AvgIpc) is 3.28. The summed E-state index contributed by atoms with van der Waals surface area (Å²) in [7, 11) is 0. The number of nitrogens with zero attached hydrogens (tertiary/aromatic N) is 4. The van der Waals surface area contributed by atoms with Gasteiger partial charge in [0, 0.05) is 11.3 Å². The number of ether oxygens (including phenoxy) is 1. The minimum atomic E-state index is -1.22. The van der Waals surface area contributed by atoms with Gasteiger partial charge in [-0.05, 0) is 49.9 Å². The lowest BCUT2D eigenvalue weighted by Crippen LogP contribution is -2.17. The van der Waals surface area contributed by atoms with E-state index >= 15 is 0 Å². The number of hydrogen-bond donors (Lipinski definition) is 2. The fourth-order valence-corrected chi connectivity index (χ4v) is 3.57. The van der Waals surface area contributed by atoms with E-state index in [0.717, 1.165) is 31.4 Å². The molecule has 1 atom stereocenters. The number of anilines is 3. The number of carbonyl (C=O) groups excluding carboxylic acids is 1. The van der Waals surface area contributed by atoms with Crippen molar-refractivity contribution in [1.82, 2.24) is 15.0 Å². The summed E-state index contributed by atoms with van der Waals surface area (Å²) in [5.74, 6) is -0.926. The molecule has 0 radical (unpaired) electrons. The zero-order valence-corrected chi connectivity index (χ0v) is 16.9.